The molecule has 0 unspecified atom stereocenters. The van der Waals surface area contributed by atoms with Gasteiger partial charge in [-0.3, -0.25) is 9.10 Å². The number of hydrogen-bond donors (Lipinski definition) is 0. The average molecular weight is 473 g/mol. The number of likely N-dealkylation sites (N-methyl/N-ethyl adjacent to an activating group) is 1. The zero-order valence-electron chi connectivity index (χ0n) is 18.2. The summed E-state index contributed by atoms with van der Waals surface area (Å²) in [5, 5.41) is 0.329. The van der Waals surface area contributed by atoms with Crippen molar-refractivity contribution < 1.29 is 17.9 Å². The van der Waals surface area contributed by atoms with Gasteiger partial charge in [-0.1, -0.05) is 59.6 Å². The van der Waals surface area contributed by atoms with Crippen molar-refractivity contribution in [2.24, 2.45) is 0 Å². The highest BCUT2D eigenvalue weighted by Crippen LogP contribution is 2.35. The molecule has 0 N–H and O–H groups in total. The number of aryl methyl sites for hydroxylation is 1. The summed E-state index contributed by atoms with van der Waals surface area (Å²) >= 11 is 6.17. The Morgan fingerprint density at radius 1 is 1.00 bits per heavy atom. The van der Waals surface area contributed by atoms with Crippen molar-refractivity contribution in [3.8, 4) is 5.75 Å². The molecule has 0 aliphatic rings. The Hall–Kier alpha value is -3.03. The van der Waals surface area contributed by atoms with Crippen LogP contribution in [0.1, 0.15) is 11.1 Å². The van der Waals surface area contributed by atoms with Crippen molar-refractivity contribution in [1.29, 1.82) is 0 Å². The normalized spacial score (nSPS) is 11.1. The van der Waals surface area contributed by atoms with Gasteiger partial charge in [0.1, 0.15) is 12.3 Å². The second-order valence-electron chi connectivity index (χ2n) is 7.38. The molecule has 0 saturated carbocycles. The molecule has 0 aliphatic heterocycles. The Kier molecular flexibility index (Phi) is 7.43. The summed E-state index contributed by atoms with van der Waals surface area (Å²) in [6, 6.07) is 20.6. The molecule has 0 fully saturated rings. The Bertz CT molecular complexity index is 1180. The van der Waals surface area contributed by atoms with E-state index in [1.807, 2.05) is 37.3 Å². The fraction of sp³-hybridized carbons (Fsp3) is 0.208. The van der Waals surface area contributed by atoms with Gasteiger partial charge in [0, 0.05) is 18.6 Å². The third kappa shape index (κ3) is 5.41. The summed E-state index contributed by atoms with van der Waals surface area (Å²) in [7, 11) is -0.997. The lowest BCUT2D eigenvalue weighted by molar-refractivity contribution is -0.128. The van der Waals surface area contributed by atoms with Crippen LogP contribution < -0.4 is 9.04 Å². The maximum atomic E-state index is 13.6. The molecule has 3 rings (SSSR count). The number of methoxy groups -OCH3 is 1. The number of rotatable bonds is 8. The van der Waals surface area contributed by atoms with E-state index in [1.165, 1.54) is 30.2 Å². The van der Waals surface area contributed by atoms with Crippen LogP contribution in [-0.4, -0.2) is 39.9 Å². The maximum Gasteiger partial charge on any atom is 0.264 e. The van der Waals surface area contributed by atoms with Crippen molar-refractivity contribution in [2.75, 3.05) is 25.0 Å². The summed E-state index contributed by atoms with van der Waals surface area (Å²) in [5.41, 5.74) is 2.06. The van der Waals surface area contributed by atoms with Crippen LogP contribution in [0.3, 0.4) is 0 Å². The molecule has 0 heterocycles. The highest BCUT2D eigenvalue weighted by Gasteiger charge is 2.30. The van der Waals surface area contributed by atoms with Crippen molar-refractivity contribution in [1.82, 2.24) is 4.90 Å². The van der Waals surface area contributed by atoms with E-state index >= 15 is 0 Å². The molecule has 0 spiro atoms. The number of nitrogens with zero attached hydrogens (tertiary/aromatic N) is 2. The first-order chi connectivity index (χ1) is 15.2. The second kappa shape index (κ2) is 10.1. The van der Waals surface area contributed by atoms with Crippen molar-refractivity contribution in [2.45, 2.75) is 18.4 Å². The topological polar surface area (TPSA) is 66.9 Å². The number of amides is 1. The van der Waals surface area contributed by atoms with E-state index in [0.29, 0.717) is 17.3 Å². The molecule has 0 bridgehead atoms. The van der Waals surface area contributed by atoms with E-state index < -0.39 is 16.6 Å². The van der Waals surface area contributed by atoms with E-state index in [-0.39, 0.29) is 16.5 Å². The molecule has 0 saturated heterocycles. The van der Waals surface area contributed by atoms with Crippen LogP contribution in [0.25, 0.3) is 0 Å². The Labute approximate surface area is 194 Å². The zero-order chi connectivity index (χ0) is 23.3. The molecular formula is C24H25ClN2O4S. The lowest BCUT2D eigenvalue weighted by Gasteiger charge is -2.28. The molecule has 3 aromatic carbocycles. The van der Waals surface area contributed by atoms with Gasteiger partial charge in [-0.2, -0.15) is 0 Å². The number of halogens is 1. The molecule has 6 nitrogen and oxygen atoms in total. The Morgan fingerprint density at radius 2 is 1.66 bits per heavy atom. The molecule has 3 aromatic rings. The van der Waals surface area contributed by atoms with Crippen LogP contribution in [0.2, 0.25) is 5.02 Å². The SMILES string of the molecule is COc1ccc(Cl)cc1N(CC(=O)N(C)Cc1ccccc1)S(=O)(=O)c1ccc(C)cc1. The van der Waals surface area contributed by atoms with Crippen molar-refractivity contribution in [3.63, 3.8) is 0 Å². The average Bonchev–Trinajstić information content (AvgIpc) is 2.78. The van der Waals surface area contributed by atoms with E-state index in [9.17, 15) is 13.2 Å². The molecule has 0 aliphatic carbocycles. The third-order valence-corrected chi connectivity index (χ3v) is 6.99. The fourth-order valence-corrected chi connectivity index (χ4v) is 4.77. The van der Waals surface area contributed by atoms with E-state index in [1.54, 1.807) is 31.3 Å². The molecular weight excluding hydrogens is 448 g/mol. The van der Waals surface area contributed by atoms with Crippen LogP contribution in [0, 0.1) is 6.92 Å². The Balaban J connectivity index is 2.00. The number of benzene rings is 3. The van der Waals surface area contributed by atoms with Crippen LogP contribution in [0.4, 0.5) is 5.69 Å². The van der Waals surface area contributed by atoms with Gasteiger partial charge in [0.15, 0.2) is 0 Å². The van der Waals surface area contributed by atoms with Crippen molar-refractivity contribution in [3.05, 3.63) is 88.9 Å². The summed E-state index contributed by atoms with van der Waals surface area (Å²) in [6.07, 6.45) is 0. The predicted molar refractivity (Wildman–Crippen MR) is 127 cm³/mol. The molecule has 0 radical (unpaired) electrons. The van der Waals surface area contributed by atoms with E-state index in [4.69, 9.17) is 16.3 Å². The standard InChI is InChI=1S/C24H25ClN2O4S/c1-18-9-12-21(13-10-18)32(29,30)27(22-15-20(25)11-14-23(22)31-3)17-24(28)26(2)16-19-7-5-4-6-8-19/h4-15H,16-17H2,1-3H3. The predicted octanol–water partition coefficient (Wildman–Crippen LogP) is 4.51. The molecule has 32 heavy (non-hydrogen) atoms. The van der Waals surface area contributed by atoms with Gasteiger partial charge >= 0.3 is 0 Å². The third-order valence-electron chi connectivity index (χ3n) is 4.99. The highest BCUT2D eigenvalue weighted by atomic mass is 35.5. The highest BCUT2D eigenvalue weighted by molar-refractivity contribution is 7.92. The minimum absolute atomic E-state index is 0.0728. The van der Waals surface area contributed by atoms with Crippen LogP contribution in [0.15, 0.2) is 77.7 Å². The molecule has 1 amide bonds. The largest absolute Gasteiger partial charge is 0.495 e. The summed E-state index contributed by atoms with van der Waals surface area (Å²) in [4.78, 5) is 14.7. The molecule has 0 atom stereocenters. The minimum Gasteiger partial charge on any atom is -0.495 e. The van der Waals surface area contributed by atoms with Crippen LogP contribution in [-0.2, 0) is 21.4 Å². The number of carbonyl (C=O) groups excluding carboxylic acids is 1. The quantitative estimate of drug-likeness (QED) is 0.483. The van der Waals surface area contributed by atoms with Gasteiger partial charge in [-0.05, 0) is 42.8 Å². The van der Waals surface area contributed by atoms with E-state index in [2.05, 4.69) is 0 Å². The number of sulfonamides is 1. The van der Waals surface area contributed by atoms with Gasteiger partial charge in [-0.15, -0.1) is 0 Å². The molecule has 8 heteroatoms. The van der Waals surface area contributed by atoms with E-state index in [0.717, 1.165) is 15.4 Å². The first-order valence-electron chi connectivity index (χ1n) is 9.93. The van der Waals surface area contributed by atoms with Gasteiger partial charge < -0.3 is 9.64 Å². The molecule has 0 aromatic heterocycles. The van der Waals surface area contributed by atoms with Crippen LogP contribution >= 0.6 is 11.6 Å². The summed E-state index contributed by atoms with van der Waals surface area (Å²) < 4.78 is 33.6. The van der Waals surface area contributed by atoms with Gasteiger partial charge in [0.25, 0.3) is 10.0 Å². The summed E-state index contributed by atoms with van der Waals surface area (Å²) in [6.45, 7) is 1.82. The lowest BCUT2D eigenvalue weighted by atomic mass is 10.2. The number of ether oxygens (including phenoxy) is 1. The monoisotopic (exact) mass is 472 g/mol. The maximum absolute atomic E-state index is 13.6. The van der Waals surface area contributed by atoms with Gasteiger partial charge in [0.2, 0.25) is 5.91 Å². The first kappa shape index (κ1) is 23.6. The lowest BCUT2D eigenvalue weighted by Crippen LogP contribution is -2.41. The van der Waals surface area contributed by atoms with Crippen molar-refractivity contribution >= 4 is 33.2 Å². The number of carbonyl (C=O) groups is 1. The summed E-state index contributed by atoms with van der Waals surface area (Å²) in [5.74, 6) is -0.0739. The number of hydrogen-bond acceptors (Lipinski definition) is 4. The smallest absolute Gasteiger partial charge is 0.264 e. The fourth-order valence-electron chi connectivity index (χ4n) is 3.18. The van der Waals surface area contributed by atoms with Gasteiger partial charge in [-0.25, -0.2) is 8.42 Å². The minimum atomic E-state index is -4.07. The zero-order valence-corrected chi connectivity index (χ0v) is 19.7. The Morgan fingerprint density at radius 3 is 2.28 bits per heavy atom. The van der Waals surface area contributed by atoms with Gasteiger partial charge in [0.05, 0.1) is 17.7 Å². The first-order valence-corrected chi connectivity index (χ1v) is 11.7. The van der Waals surface area contributed by atoms with Crippen LogP contribution in [0.5, 0.6) is 5.75 Å². The second-order valence-corrected chi connectivity index (χ2v) is 9.68. The molecule has 168 valence electrons. The number of anilines is 1.